The Morgan fingerprint density at radius 3 is 1.83 bits per heavy atom. The highest BCUT2D eigenvalue weighted by atomic mass is 32.2. The molecule has 2 nitrogen and oxygen atoms in total. The lowest BCUT2D eigenvalue weighted by Crippen LogP contribution is -2.35. The van der Waals surface area contributed by atoms with Gasteiger partial charge in [0.1, 0.15) is 0 Å². The van der Waals surface area contributed by atoms with Crippen LogP contribution in [0, 0.1) is 0 Å². The molecule has 1 aliphatic heterocycles. The summed E-state index contributed by atoms with van der Waals surface area (Å²) in [5.41, 5.74) is 2.50. The molecule has 1 N–H and O–H groups in total. The standard InChI is InChI=1S/C21H16O2S/c22-20(23)14-21(15-8-2-1-3-9-15)16-10-4-6-12-18(16)24-19-13-7-5-11-17(19)21/h1-13H,14H2,(H,22,23). The highest BCUT2D eigenvalue weighted by molar-refractivity contribution is 7.99. The van der Waals surface area contributed by atoms with E-state index >= 15 is 0 Å². The fraction of sp³-hybridized carbons (Fsp3) is 0.0952. The normalized spacial score (nSPS) is 14.5. The van der Waals surface area contributed by atoms with Crippen LogP contribution in [0.25, 0.3) is 0 Å². The second-order valence-electron chi connectivity index (χ2n) is 5.94. The summed E-state index contributed by atoms with van der Waals surface area (Å²) in [4.78, 5) is 14.1. The molecular formula is C21H16O2S. The van der Waals surface area contributed by atoms with Crippen molar-refractivity contribution < 1.29 is 9.90 Å². The van der Waals surface area contributed by atoms with Gasteiger partial charge in [-0.05, 0) is 28.8 Å². The van der Waals surface area contributed by atoms with Crippen molar-refractivity contribution in [1.29, 1.82) is 0 Å². The molecule has 0 radical (unpaired) electrons. The van der Waals surface area contributed by atoms with Crippen molar-refractivity contribution in [3.63, 3.8) is 0 Å². The van der Waals surface area contributed by atoms with E-state index in [4.69, 9.17) is 0 Å². The van der Waals surface area contributed by atoms with E-state index in [9.17, 15) is 9.90 Å². The summed E-state index contributed by atoms with van der Waals surface area (Å²) in [6, 6.07) is 26.3. The zero-order valence-electron chi connectivity index (χ0n) is 13.0. The predicted molar refractivity (Wildman–Crippen MR) is 95.6 cm³/mol. The minimum atomic E-state index is -0.796. The molecule has 0 spiro atoms. The van der Waals surface area contributed by atoms with Gasteiger partial charge in [-0.1, -0.05) is 78.5 Å². The number of carboxylic acid groups (broad SMARTS) is 1. The number of carboxylic acids is 1. The number of hydrogen-bond donors (Lipinski definition) is 1. The van der Waals surface area contributed by atoms with E-state index in [2.05, 4.69) is 24.3 Å². The van der Waals surface area contributed by atoms with E-state index in [1.807, 2.05) is 54.6 Å². The fourth-order valence-electron chi connectivity index (χ4n) is 3.63. The van der Waals surface area contributed by atoms with Crippen molar-refractivity contribution in [2.75, 3.05) is 0 Å². The van der Waals surface area contributed by atoms with Gasteiger partial charge in [0.15, 0.2) is 0 Å². The first-order valence-electron chi connectivity index (χ1n) is 7.86. The van der Waals surface area contributed by atoms with Gasteiger partial charge in [-0.15, -0.1) is 0 Å². The molecular weight excluding hydrogens is 316 g/mol. The molecule has 0 aliphatic carbocycles. The Morgan fingerprint density at radius 2 is 1.29 bits per heavy atom. The Labute approximate surface area is 145 Å². The average molecular weight is 332 g/mol. The van der Waals surface area contributed by atoms with E-state index in [1.54, 1.807) is 11.8 Å². The van der Waals surface area contributed by atoms with Crippen molar-refractivity contribution in [2.24, 2.45) is 0 Å². The van der Waals surface area contributed by atoms with Crippen LogP contribution >= 0.6 is 11.8 Å². The van der Waals surface area contributed by atoms with Gasteiger partial charge in [0.2, 0.25) is 0 Å². The maximum Gasteiger partial charge on any atom is 0.304 e. The van der Waals surface area contributed by atoms with Crippen LogP contribution in [0.1, 0.15) is 23.1 Å². The number of fused-ring (bicyclic) bond motifs is 2. The summed E-state index contributed by atoms with van der Waals surface area (Å²) in [6.07, 6.45) is 0.0333. The maximum atomic E-state index is 11.9. The summed E-state index contributed by atoms with van der Waals surface area (Å²) < 4.78 is 0. The van der Waals surface area contributed by atoms with Gasteiger partial charge in [0.25, 0.3) is 0 Å². The Hall–Kier alpha value is -2.52. The van der Waals surface area contributed by atoms with Crippen LogP contribution in [-0.2, 0) is 10.2 Å². The molecule has 0 bridgehead atoms. The molecule has 4 rings (SSSR count). The van der Waals surface area contributed by atoms with E-state index in [1.165, 1.54) is 0 Å². The first kappa shape index (κ1) is 15.0. The van der Waals surface area contributed by atoms with Crippen LogP contribution in [0.2, 0.25) is 0 Å². The minimum Gasteiger partial charge on any atom is -0.481 e. The Balaban J connectivity index is 2.10. The van der Waals surface area contributed by atoms with Gasteiger partial charge in [-0.25, -0.2) is 0 Å². The van der Waals surface area contributed by atoms with Gasteiger partial charge in [-0.3, -0.25) is 4.79 Å². The molecule has 0 saturated heterocycles. The molecule has 118 valence electrons. The third kappa shape index (κ3) is 2.24. The molecule has 0 fully saturated rings. The van der Waals surface area contributed by atoms with Crippen molar-refractivity contribution in [1.82, 2.24) is 0 Å². The van der Waals surface area contributed by atoms with Crippen molar-refractivity contribution in [2.45, 2.75) is 21.6 Å². The smallest absolute Gasteiger partial charge is 0.304 e. The summed E-state index contributed by atoms with van der Waals surface area (Å²) in [6.45, 7) is 0. The van der Waals surface area contributed by atoms with E-state index in [0.717, 1.165) is 26.5 Å². The number of carbonyl (C=O) groups is 1. The lowest BCUT2D eigenvalue weighted by molar-refractivity contribution is -0.137. The molecule has 3 aromatic rings. The maximum absolute atomic E-state index is 11.9. The first-order chi connectivity index (χ1) is 11.7. The lowest BCUT2D eigenvalue weighted by atomic mass is 9.67. The highest BCUT2D eigenvalue weighted by Gasteiger charge is 2.44. The zero-order chi connectivity index (χ0) is 16.6. The Kier molecular flexibility index (Phi) is 3.66. The number of hydrogen-bond acceptors (Lipinski definition) is 2. The SMILES string of the molecule is O=C(O)CC1(c2ccccc2)c2ccccc2Sc2ccccc21. The monoisotopic (exact) mass is 332 g/mol. The lowest BCUT2D eigenvalue weighted by Gasteiger charge is -2.40. The quantitative estimate of drug-likeness (QED) is 0.736. The Bertz CT molecular complexity index is 857. The van der Waals surface area contributed by atoms with E-state index < -0.39 is 11.4 Å². The van der Waals surface area contributed by atoms with Gasteiger partial charge in [-0.2, -0.15) is 0 Å². The van der Waals surface area contributed by atoms with Gasteiger partial charge in [0.05, 0.1) is 11.8 Å². The van der Waals surface area contributed by atoms with Crippen LogP contribution in [-0.4, -0.2) is 11.1 Å². The molecule has 1 heterocycles. The molecule has 0 aromatic heterocycles. The molecule has 3 aromatic carbocycles. The van der Waals surface area contributed by atoms with E-state index in [0.29, 0.717) is 0 Å². The molecule has 24 heavy (non-hydrogen) atoms. The van der Waals surface area contributed by atoms with E-state index in [-0.39, 0.29) is 6.42 Å². The summed E-state index contributed by atoms with van der Waals surface area (Å²) in [5, 5.41) is 9.74. The van der Waals surface area contributed by atoms with Gasteiger partial charge >= 0.3 is 5.97 Å². The largest absolute Gasteiger partial charge is 0.481 e. The average Bonchev–Trinajstić information content (AvgIpc) is 2.62. The van der Waals surface area contributed by atoms with Crippen molar-refractivity contribution >= 4 is 17.7 Å². The number of benzene rings is 3. The van der Waals surface area contributed by atoms with Crippen LogP contribution in [0.3, 0.4) is 0 Å². The highest BCUT2D eigenvalue weighted by Crippen LogP contribution is 2.53. The predicted octanol–water partition coefficient (Wildman–Crippen LogP) is 4.96. The Morgan fingerprint density at radius 1 is 0.792 bits per heavy atom. The zero-order valence-corrected chi connectivity index (χ0v) is 13.8. The molecule has 0 unspecified atom stereocenters. The molecule has 3 heteroatoms. The van der Waals surface area contributed by atoms with Crippen molar-refractivity contribution in [3.8, 4) is 0 Å². The molecule has 0 saturated carbocycles. The third-order valence-electron chi connectivity index (χ3n) is 4.60. The fourth-order valence-corrected chi connectivity index (χ4v) is 4.87. The summed E-state index contributed by atoms with van der Waals surface area (Å²) >= 11 is 1.71. The summed E-state index contributed by atoms with van der Waals surface area (Å²) in [5.74, 6) is -0.796. The number of rotatable bonds is 3. The third-order valence-corrected chi connectivity index (χ3v) is 5.75. The first-order valence-corrected chi connectivity index (χ1v) is 8.67. The molecule has 1 aliphatic rings. The second kappa shape index (κ2) is 5.84. The van der Waals surface area contributed by atoms with Crippen LogP contribution < -0.4 is 0 Å². The molecule has 0 atom stereocenters. The van der Waals surface area contributed by atoms with Gasteiger partial charge in [0, 0.05) is 9.79 Å². The topological polar surface area (TPSA) is 37.3 Å². The molecule has 0 amide bonds. The van der Waals surface area contributed by atoms with Gasteiger partial charge < -0.3 is 5.11 Å². The summed E-state index contributed by atoms with van der Waals surface area (Å²) in [7, 11) is 0. The second-order valence-corrected chi connectivity index (χ2v) is 7.02. The van der Waals surface area contributed by atoms with Crippen LogP contribution in [0.5, 0.6) is 0 Å². The minimum absolute atomic E-state index is 0.0333. The number of aliphatic carboxylic acids is 1. The van der Waals surface area contributed by atoms with Crippen molar-refractivity contribution in [3.05, 3.63) is 95.6 Å². The van der Waals surface area contributed by atoms with Crippen LogP contribution in [0.4, 0.5) is 0 Å². The van der Waals surface area contributed by atoms with Crippen LogP contribution in [0.15, 0.2) is 88.7 Å².